The summed E-state index contributed by atoms with van der Waals surface area (Å²) in [5.41, 5.74) is 1.95. The molecule has 1 aliphatic rings. The third-order valence-corrected chi connectivity index (χ3v) is 2.88. The van der Waals surface area contributed by atoms with Crippen molar-refractivity contribution in [2.75, 3.05) is 18.5 Å². The van der Waals surface area contributed by atoms with Gasteiger partial charge in [0.05, 0.1) is 5.69 Å². The molecule has 0 saturated carbocycles. The zero-order chi connectivity index (χ0) is 11.4. The van der Waals surface area contributed by atoms with Crippen molar-refractivity contribution in [2.45, 2.75) is 25.8 Å². The van der Waals surface area contributed by atoms with Crippen LogP contribution in [0.15, 0.2) is 12.9 Å². The Hall–Kier alpha value is -1.42. The SMILES string of the molecule is C=Cc1ncnc(NC2CCOCC2)c1C. The van der Waals surface area contributed by atoms with Crippen molar-refractivity contribution in [3.05, 3.63) is 24.2 Å². The van der Waals surface area contributed by atoms with Crippen molar-refractivity contribution in [1.29, 1.82) is 0 Å². The molecule has 86 valence electrons. The van der Waals surface area contributed by atoms with Crippen LogP contribution in [0.2, 0.25) is 0 Å². The third-order valence-electron chi connectivity index (χ3n) is 2.88. The highest BCUT2D eigenvalue weighted by molar-refractivity contribution is 5.56. The molecule has 0 unspecified atom stereocenters. The van der Waals surface area contributed by atoms with Gasteiger partial charge in [0.25, 0.3) is 0 Å². The molecule has 1 aromatic heterocycles. The van der Waals surface area contributed by atoms with E-state index < -0.39 is 0 Å². The summed E-state index contributed by atoms with van der Waals surface area (Å²) in [6, 6.07) is 0.458. The number of rotatable bonds is 3. The molecule has 0 aromatic carbocycles. The van der Waals surface area contributed by atoms with E-state index in [-0.39, 0.29) is 0 Å². The minimum absolute atomic E-state index is 0.458. The average Bonchev–Trinajstić information content (AvgIpc) is 2.33. The predicted octanol–water partition coefficient (Wildman–Crippen LogP) is 2.02. The fourth-order valence-electron chi connectivity index (χ4n) is 1.85. The number of hydrogen-bond acceptors (Lipinski definition) is 4. The Morgan fingerprint density at radius 1 is 1.44 bits per heavy atom. The number of ether oxygens (including phenoxy) is 1. The Morgan fingerprint density at radius 2 is 2.19 bits per heavy atom. The zero-order valence-electron chi connectivity index (χ0n) is 9.57. The van der Waals surface area contributed by atoms with E-state index in [0.29, 0.717) is 6.04 Å². The van der Waals surface area contributed by atoms with Gasteiger partial charge in [0.1, 0.15) is 12.1 Å². The van der Waals surface area contributed by atoms with Gasteiger partial charge in [-0.2, -0.15) is 0 Å². The van der Waals surface area contributed by atoms with Gasteiger partial charge in [0, 0.05) is 24.8 Å². The van der Waals surface area contributed by atoms with Gasteiger partial charge in [-0.3, -0.25) is 0 Å². The van der Waals surface area contributed by atoms with Gasteiger partial charge >= 0.3 is 0 Å². The normalized spacial score (nSPS) is 17.1. The maximum Gasteiger partial charge on any atom is 0.133 e. The van der Waals surface area contributed by atoms with E-state index >= 15 is 0 Å². The topological polar surface area (TPSA) is 47.0 Å². The van der Waals surface area contributed by atoms with Crippen molar-refractivity contribution in [3.63, 3.8) is 0 Å². The smallest absolute Gasteiger partial charge is 0.133 e. The van der Waals surface area contributed by atoms with E-state index in [4.69, 9.17) is 4.74 Å². The average molecular weight is 219 g/mol. The van der Waals surface area contributed by atoms with Gasteiger partial charge in [-0.15, -0.1) is 0 Å². The van der Waals surface area contributed by atoms with Crippen LogP contribution in [0.4, 0.5) is 5.82 Å². The van der Waals surface area contributed by atoms with Crippen molar-refractivity contribution < 1.29 is 4.74 Å². The lowest BCUT2D eigenvalue weighted by molar-refractivity contribution is 0.0903. The molecule has 1 fully saturated rings. The fourth-order valence-corrected chi connectivity index (χ4v) is 1.85. The lowest BCUT2D eigenvalue weighted by atomic mass is 10.1. The molecule has 2 rings (SSSR count). The highest BCUT2D eigenvalue weighted by Gasteiger charge is 2.15. The molecule has 16 heavy (non-hydrogen) atoms. The van der Waals surface area contributed by atoms with Crippen LogP contribution in [0.1, 0.15) is 24.1 Å². The minimum Gasteiger partial charge on any atom is -0.381 e. The Bertz CT molecular complexity index is 373. The second kappa shape index (κ2) is 5.07. The lowest BCUT2D eigenvalue weighted by Gasteiger charge is -2.24. The third kappa shape index (κ3) is 2.39. The molecule has 1 aromatic rings. The molecule has 2 heterocycles. The maximum atomic E-state index is 5.32. The molecule has 4 nitrogen and oxygen atoms in total. The summed E-state index contributed by atoms with van der Waals surface area (Å²) in [4.78, 5) is 8.43. The number of hydrogen-bond donors (Lipinski definition) is 1. The van der Waals surface area contributed by atoms with Crippen molar-refractivity contribution >= 4 is 11.9 Å². The van der Waals surface area contributed by atoms with E-state index in [1.807, 2.05) is 6.92 Å². The molecular weight excluding hydrogens is 202 g/mol. The Balaban J connectivity index is 2.11. The van der Waals surface area contributed by atoms with E-state index in [1.54, 1.807) is 12.4 Å². The lowest BCUT2D eigenvalue weighted by Crippen LogP contribution is -2.28. The van der Waals surface area contributed by atoms with Crippen molar-refractivity contribution in [1.82, 2.24) is 9.97 Å². The van der Waals surface area contributed by atoms with E-state index in [9.17, 15) is 0 Å². The molecule has 0 bridgehead atoms. The molecule has 0 spiro atoms. The van der Waals surface area contributed by atoms with Crippen LogP contribution in [-0.2, 0) is 4.74 Å². The summed E-state index contributed by atoms with van der Waals surface area (Å²) in [5.74, 6) is 0.914. The van der Waals surface area contributed by atoms with Crippen LogP contribution >= 0.6 is 0 Å². The largest absolute Gasteiger partial charge is 0.381 e. The van der Waals surface area contributed by atoms with Gasteiger partial charge < -0.3 is 10.1 Å². The number of aromatic nitrogens is 2. The zero-order valence-corrected chi connectivity index (χ0v) is 9.57. The van der Waals surface area contributed by atoms with Crippen molar-refractivity contribution in [2.24, 2.45) is 0 Å². The first-order valence-electron chi connectivity index (χ1n) is 5.59. The van der Waals surface area contributed by atoms with Crippen LogP contribution in [0.25, 0.3) is 6.08 Å². The van der Waals surface area contributed by atoms with Crippen LogP contribution in [0.3, 0.4) is 0 Å². The molecule has 0 radical (unpaired) electrons. The Kier molecular flexibility index (Phi) is 3.51. The van der Waals surface area contributed by atoms with Gasteiger partial charge in [0.2, 0.25) is 0 Å². The molecule has 0 aliphatic carbocycles. The minimum atomic E-state index is 0.458. The van der Waals surface area contributed by atoms with Crippen LogP contribution in [0, 0.1) is 6.92 Å². The van der Waals surface area contributed by atoms with Crippen LogP contribution < -0.4 is 5.32 Å². The molecule has 1 aliphatic heterocycles. The molecule has 1 saturated heterocycles. The highest BCUT2D eigenvalue weighted by Crippen LogP contribution is 2.18. The van der Waals surface area contributed by atoms with Gasteiger partial charge in [-0.25, -0.2) is 9.97 Å². The quantitative estimate of drug-likeness (QED) is 0.844. The molecule has 0 atom stereocenters. The maximum absolute atomic E-state index is 5.32. The second-order valence-corrected chi connectivity index (χ2v) is 3.97. The summed E-state index contributed by atoms with van der Waals surface area (Å²) in [6.07, 6.45) is 5.40. The van der Waals surface area contributed by atoms with Crippen molar-refractivity contribution in [3.8, 4) is 0 Å². The summed E-state index contributed by atoms with van der Waals surface area (Å²) < 4.78 is 5.32. The summed E-state index contributed by atoms with van der Waals surface area (Å²) in [6.45, 7) is 7.41. The van der Waals surface area contributed by atoms with Crippen LogP contribution in [0.5, 0.6) is 0 Å². The fraction of sp³-hybridized carbons (Fsp3) is 0.500. The predicted molar refractivity (Wildman–Crippen MR) is 64.3 cm³/mol. The Morgan fingerprint density at radius 3 is 2.88 bits per heavy atom. The summed E-state index contributed by atoms with van der Waals surface area (Å²) in [5, 5.41) is 3.44. The first-order valence-corrected chi connectivity index (χ1v) is 5.59. The molecule has 0 amide bonds. The molecular formula is C12H17N3O. The van der Waals surface area contributed by atoms with Gasteiger partial charge in [-0.1, -0.05) is 6.58 Å². The Labute approximate surface area is 95.8 Å². The number of nitrogens with one attached hydrogen (secondary N) is 1. The van der Waals surface area contributed by atoms with E-state index in [2.05, 4.69) is 21.9 Å². The highest BCUT2D eigenvalue weighted by atomic mass is 16.5. The van der Waals surface area contributed by atoms with Gasteiger partial charge in [0.15, 0.2) is 0 Å². The number of anilines is 1. The molecule has 1 N–H and O–H groups in total. The second-order valence-electron chi connectivity index (χ2n) is 3.97. The number of nitrogens with zero attached hydrogens (tertiary/aromatic N) is 2. The monoisotopic (exact) mass is 219 g/mol. The first-order chi connectivity index (χ1) is 7.81. The summed E-state index contributed by atoms with van der Waals surface area (Å²) in [7, 11) is 0. The molecule has 4 heteroatoms. The standard InChI is InChI=1S/C12H17N3O/c1-3-11-9(2)12(14-8-13-11)15-10-4-6-16-7-5-10/h3,8,10H,1,4-7H2,2H3,(H,13,14,15). The van der Waals surface area contributed by atoms with Gasteiger partial charge in [-0.05, 0) is 25.8 Å². The van der Waals surface area contributed by atoms with E-state index in [0.717, 1.165) is 43.1 Å². The van der Waals surface area contributed by atoms with Crippen LogP contribution in [-0.4, -0.2) is 29.2 Å². The first kappa shape index (κ1) is 11.1. The van der Waals surface area contributed by atoms with E-state index in [1.165, 1.54) is 0 Å². The summed E-state index contributed by atoms with van der Waals surface area (Å²) >= 11 is 0.